The Morgan fingerprint density at radius 3 is 2.60 bits per heavy atom. The molecule has 0 unspecified atom stereocenters. The first-order valence-corrected chi connectivity index (χ1v) is 9.68. The highest BCUT2D eigenvalue weighted by Gasteiger charge is 2.25. The summed E-state index contributed by atoms with van der Waals surface area (Å²) >= 11 is 0. The lowest BCUT2D eigenvalue weighted by Gasteiger charge is -2.26. The summed E-state index contributed by atoms with van der Waals surface area (Å²) in [6.45, 7) is 2.53. The molecule has 2 N–H and O–H groups in total. The predicted molar refractivity (Wildman–Crippen MR) is 98.5 cm³/mol. The van der Waals surface area contributed by atoms with Crippen molar-refractivity contribution in [3.05, 3.63) is 35.4 Å². The van der Waals surface area contributed by atoms with Gasteiger partial charge in [0.25, 0.3) is 0 Å². The van der Waals surface area contributed by atoms with E-state index < -0.39 is 10.0 Å². The first-order valence-electron chi connectivity index (χ1n) is 8.07. The zero-order valence-electron chi connectivity index (χ0n) is 14.4. The van der Waals surface area contributed by atoms with Crippen LogP contribution in [0, 0.1) is 12.3 Å². The molecule has 1 aromatic carbocycles. The highest BCUT2D eigenvalue weighted by molar-refractivity contribution is 7.88. The number of hydrogen-bond donors (Lipinski definition) is 2. The van der Waals surface area contributed by atoms with Crippen LogP contribution in [0.25, 0.3) is 0 Å². The topological polar surface area (TPSA) is 83.0 Å². The van der Waals surface area contributed by atoms with E-state index in [9.17, 15) is 8.42 Å². The molecule has 1 aromatic rings. The minimum Gasteiger partial charge on any atom is -0.379 e. The highest BCUT2D eigenvalue weighted by Crippen LogP contribution is 2.16. The second-order valence-corrected chi connectivity index (χ2v) is 7.49. The van der Waals surface area contributed by atoms with E-state index in [2.05, 4.69) is 21.5 Å². The Morgan fingerprint density at radius 2 is 1.96 bits per heavy atom. The largest absolute Gasteiger partial charge is 0.379 e. The molecule has 1 saturated heterocycles. The predicted octanol–water partition coefficient (Wildman–Crippen LogP) is 0.147. The second kappa shape index (κ2) is 9.42. The Hall–Kier alpha value is -2.08. The van der Waals surface area contributed by atoms with E-state index >= 15 is 0 Å². The van der Waals surface area contributed by atoms with Crippen molar-refractivity contribution < 1.29 is 13.2 Å². The van der Waals surface area contributed by atoms with Crippen LogP contribution >= 0.6 is 0 Å². The van der Waals surface area contributed by atoms with E-state index in [1.165, 1.54) is 4.31 Å². The average molecular weight is 364 g/mol. The van der Waals surface area contributed by atoms with Crippen molar-refractivity contribution in [3.8, 4) is 12.3 Å². The van der Waals surface area contributed by atoms with Gasteiger partial charge in [0.05, 0.1) is 25.5 Å². The molecule has 0 aliphatic carbocycles. The van der Waals surface area contributed by atoms with Gasteiger partial charge in [-0.05, 0) is 11.1 Å². The zero-order valence-corrected chi connectivity index (χ0v) is 15.2. The summed E-state index contributed by atoms with van der Waals surface area (Å²) in [4.78, 5) is 4.08. The monoisotopic (exact) mass is 364 g/mol. The fraction of sp³-hybridized carbons (Fsp3) is 0.471. The molecule has 1 aliphatic rings. The first kappa shape index (κ1) is 19.2. The normalized spacial score (nSPS) is 16.2. The zero-order chi connectivity index (χ0) is 18.1. The molecule has 25 heavy (non-hydrogen) atoms. The lowest BCUT2D eigenvalue weighted by Crippen LogP contribution is -2.41. The van der Waals surface area contributed by atoms with Crippen LogP contribution in [0.4, 0.5) is 0 Å². The van der Waals surface area contributed by atoms with Gasteiger partial charge in [0.1, 0.15) is 0 Å². The van der Waals surface area contributed by atoms with Gasteiger partial charge in [0.15, 0.2) is 5.96 Å². The van der Waals surface area contributed by atoms with Crippen LogP contribution in [0.3, 0.4) is 0 Å². The van der Waals surface area contributed by atoms with Gasteiger partial charge >= 0.3 is 0 Å². The Labute approximate surface area is 149 Å². The molecule has 0 atom stereocenters. The van der Waals surface area contributed by atoms with Gasteiger partial charge in [-0.25, -0.2) is 8.42 Å². The van der Waals surface area contributed by atoms with E-state index in [-0.39, 0.29) is 5.75 Å². The fourth-order valence-corrected chi connectivity index (χ4v) is 4.08. The maximum Gasteiger partial charge on any atom is 0.218 e. The molecular formula is C17H24N4O3S. The van der Waals surface area contributed by atoms with Crippen molar-refractivity contribution in [3.63, 3.8) is 0 Å². The van der Waals surface area contributed by atoms with Crippen molar-refractivity contribution in [1.82, 2.24) is 14.9 Å². The number of benzene rings is 1. The van der Waals surface area contributed by atoms with Crippen molar-refractivity contribution in [2.75, 3.05) is 39.9 Å². The van der Waals surface area contributed by atoms with E-state index in [1.807, 2.05) is 24.3 Å². The number of nitrogens with one attached hydrogen (secondary N) is 2. The number of sulfonamides is 1. The minimum atomic E-state index is -3.36. The quantitative estimate of drug-likeness (QED) is 0.426. The van der Waals surface area contributed by atoms with Crippen LogP contribution in [0.5, 0.6) is 0 Å². The van der Waals surface area contributed by atoms with Gasteiger partial charge in [0, 0.05) is 26.7 Å². The van der Waals surface area contributed by atoms with Crippen molar-refractivity contribution >= 4 is 16.0 Å². The van der Waals surface area contributed by atoms with Gasteiger partial charge in [-0.1, -0.05) is 30.2 Å². The summed E-state index contributed by atoms with van der Waals surface area (Å²) in [5, 5.41) is 6.11. The molecule has 8 heteroatoms. The number of hydrogen-bond acceptors (Lipinski definition) is 4. The standard InChI is InChI=1S/C17H24N4O3S/c1-3-8-19-17(18-2)20-13-15-6-4-5-7-16(15)14-25(22,23)21-9-11-24-12-10-21/h1,4-7H,8-14H2,2H3,(H2,18,19,20). The molecule has 7 nitrogen and oxygen atoms in total. The van der Waals surface area contributed by atoms with Gasteiger partial charge in [-0.2, -0.15) is 4.31 Å². The summed E-state index contributed by atoms with van der Waals surface area (Å²) in [5.41, 5.74) is 1.68. The molecule has 0 spiro atoms. The molecule has 1 aliphatic heterocycles. The van der Waals surface area contributed by atoms with Crippen LogP contribution < -0.4 is 10.6 Å². The maximum atomic E-state index is 12.6. The number of rotatable bonds is 6. The Kier molecular flexibility index (Phi) is 7.25. The molecule has 0 saturated carbocycles. The maximum absolute atomic E-state index is 12.6. The smallest absolute Gasteiger partial charge is 0.218 e. The molecule has 1 fully saturated rings. The fourth-order valence-electron chi connectivity index (χ4n) is 2.52. The lowest BCUT2D eigenvalue weighted by molar-refractivity contribution is 0.0729. The third kappa shape index (κ3) is 5.74. The lowest BCUT2D eigenvalue weighted by atomic mass is 10.1. The third-order valence-corrected chi connectivity index (χ3v) is 5.68. The SMILES string of the molecule is C#CCNC(=NC)NCc1ccccc1CS(=O)(=O)N1CCOCC1. The van der Waals surface area contributed by atoms with Crippen LogP contribution in [-0.2, 0) is 27.1 Å². The summed E-state index contributed by atoms with van der Waals surface area (Å²) in [6, 6.07) is 7.48. The Morgan fingerprint density at radius 1 is 1.28 bits per heavy atom. The van der Waals surface area contributed by atoms with E-state index in [0.29, 0.717) is 45.4 Å². The summed E-state index contributed by atoms with van der Waals surface area (Å²) < 4.78 is 32.0. The van der Waals surface area contributed by atoms with Crippen LogP contribution in [0.15, 0.2) is 29.3 Å². The summed E-state index contributed by atoms with van der Waals surface area (Å²) in [6.07, 6.45) is 5.23. The van der Waals surface area contributed by atoms with E-state index in [1.54, 1.807) is 7.05 Å². The molecule has 0 bridgehead atoms. The molecule has 0 radical (unpaired) electrons. The number of nitrogens with zero attached hydrogens (tertiary/aromatic N) is 2. The summed E-state index contributed by atoms with van der Waals surface area (Å²) in [5.74, 6) is 3.03. The Bertz CT molecular complexity index is 735. The van der Waals surface area contributed by atoms with E-state index in [0.717, 1.165) is 11.1 Å². The van der Waals surface area contributed by atoms with E-state index in [4.69, 9.17) is 11.2 Å². The number of ether oxygens (including phenoxy) is 1. The molecule has 0 amide bonds. The van der Waals surface area contributed by atoms with Gasteiger partial charge in [-0.3, -0.25) is 4.99 Å². The van der Waals surface area contributed by atoms with Gasteiger partial charge < -0.3 is 15.4 Å². The number of morpholine rings is 1. The second-order valence-electron chi connectivity index (χ2n) is 5.52. The number of guanidine groups is 1. The first-order chi connectivity index (χ1) is 12.1. The van der Waals surface area contributed by atoms with Crippen LogP contribution in [0.2, 0.25) is 0 Å². The molecule has 0 aromatic heterocycles. The van der Waals surface area contributed by atoms with Crippen LogP contribution in [-0.4, -0.2) is 58.6 Å². The summed E-state index contributed by atoms with van der Waals surface area (Å²) in [7, 11) is -1.71. The minimum absolute atomic E-state index is 0.0265. The van der Waals surface area contributed by atoms with Crippen LogP contribution in [0.1, 0.15) is 11.1 Å². The Balaban J connectivity index is 2.06. The van der Waals surface area contributed by atoms with Crippen molar-refractivity contribution in [1.29, 1.82) is 0 Å². The third-order valence-electron chi connectivity index (χ3n) is 3.85. The van der Waals surface area contributed by atoms with Crippen molar-refractivity contribution in [2.45, 2.75) is 12.3 Å². The molecule has 136 valence electrons. The average Bonchev–Trinajstić information content (AvgIpc) is 2.63. The number of terminal acetylenes is 1. The molecular weight excluding hydrogens is 340 g/mol. The number of aliphatic imine (C=N–C) groups is 1. The van der Waals surface area contributed by atoms with Gasteiger partial charge in [0.2, 0.25) is 10.0 Å². The van der Waals surface area contributed by atoms with Crippen molar-refractivity contribution in [2.24, 2.45) is 4.99 Å². The van der Waals surface area contributed by atoms with Gasteiger partial charge in [-0.15, -0.1) is 6.42 Å². The highest BCUT2D eigenvalue weighted by atomic mass is 32.2. The molecule has 1 heterocycles. The molecule has 2 rings (SSSR count).